The van der Waals surface area contributed by atoms with Crippen LogP contribution in [-0.4, -0.2) is 34.0 Å². The van der Waals surface area contributed by atoms with Gasteiger partial charge in [0.2, 0.25) is 0 Å². The molecule has 0 aromatic rings. The number of halogens is 1. The number of carbonyl (C=O) groups is 1. The molecule has 4 saturated carbocycles. The van der Waals surface area contributed by atoms with Crippen LogP contribution in [0.2, 0.25) is 0 Å². The highest BCUT2D eigenvalue weighted by molar-refractivity contribution is 9.10. The van der Waals surface area contributed by atoms with Crippen molar-refractivity contribution in [3.8, 4) is 0 Å². The van der Waals surface area contributed by atoms with Gasteiger partial charge in [0.15, 0.2) is 0 Å². The molecule has 1 heterocycles. The van der Waals surface area contributed by atoms with E-state index in [2.05, 4.69) is 22.9 Å². The summed E-state index contributed by atoms with van der Waals surface area (Å²) in [6, 6.07) is 0. The second-order valence-corrected chi connectivity index (χ2v) is 10.7. The monoisotopic (exact) mass is 382 g/mol. The van der Waals surface area contributed by atoms with E-state index in [1.54, 1.807) is 0 Å². The predicted molar refractivity (Wildman–Crippen MR) is 90.4 cm³/mol. The van der Waals surface area contributed by atoms with Crippen LogP contribution in [0.3, 0.4) is 0 Å². The molecule has 5 fully saturated rings. The zero-order chi connectivity index (χ0) is 16.0. The maximum atomic E-state index is 12.5. The lowest BCUT2D eigenvalue weighted by molar-refractivity contribution is -0.136. The molecule has 128 valence electrons. The molecule has 3 nitrogen and oxygen atoms in total. The molecule has 4 aliphatic carbocycles. The lowest BCUT2D eigenvalue weighted by Crippen LogP contribution is -2.63. The molecule has 4 heteroatoms. The topological polar surface area (TPSA) is 46.5 Å². The summed E-state index contributed by atoms with van der Waals surface area (Å²) in [5, 5.41) is 10.3. The first kappa shape index (κ1) is 15.3. The Balaban J connectivity index is 1.56. The van der Waals surface area contributed by atoms with Gasteiger partial charge in [0.1, 0.15) is 5.78 Å². The molecular weight excluding hydrogens is 356 g/mol. The van der Waals surface area contributed by atoms with Gasteiger partial charge in [0, 0.05) is 17.3 Å². The largest absolute Gasteiger partial charge is 0.393 e. The summed E-state index contributed by atoms with van der Waals surface area (Å²) in [7, 11) is 0. The number of Topliss-reactive ketones (excluding diaryl/α,β-unsaturated/α-hetero) is 1. The second kappa shape index (κ2) is 4.62. The number of hydrogen-bond donors (Lipinski definition) is 1. The fraction of sp³-hybridized carbons (Fsp3) is 0.947. The molecule has 2 bridgehead atoms. The van der Waals surface area contributed by atoms with E-state index in [9.17, 15) is 9.90 Å². The van der Waals surface area contributed by atoms with Gasteiger partial charge < -0.3 is 9.84 Å². The molecule has 0 aromatic heterocycles. The van der Waals surface area contributed by atoms with E-state index in [-0.39, 0.29) is 27.4 Å². The molecule has 0 spiro atoms. The van der Waals surface area contributed by atoms with Gasteiger partial charge in [-0.15, -0.1) is 0 Å². The Morgan fingerprint density at radius 1 is 1.22 bits per heavy atom. The van der Waals surface area contributed by atoms with Crippen molar-refractivity contribution in [3.63, 3.8) is 0 Å². The van der Waals surface area contributed by atoms with E-state index in [4.69, 9.17) is 4.74 Å². The first-order valence-corrected chi connectivity index (χ1v) is 10.2. The van der Waals surface area contributed by atoms with Gasteiger partial charge in [-0.1, -0.05) is 22.9 Å². The summed E-state index contributed by atoms with van der Waals surface area (Å²) in [6.07, 6.45) is 8.06. The minimum Gasteiger partial charge on any atom is -0.393 e. The van der Waals surface area contributed by atoms with Crippen LogP contribution in [0.5, 0.6) is 0 Å². The summed E-state index contributed by atoms with van der Waals surface area (Å²) in [6.45, 7) is 3.10. The molecule has 23 heavy (non-hydrogen) atoms. The van der Waals surface area contributed by atoms with Crippen LogP contribution in [0.25, 0.3) is 0 Å². The van der Waals surface area contributed by atoms with Crippen LogP contribution >= 0.6 is 15.9 Å². The standard InChI is InChI=1S/C19H27BrO3/c1-17-6-5-14-12(13(17)2-3-15(17)22)8-16-19(20)9-11(21)4-7-18(14,19)10-23-16/h11-14,16,21H,2-10H2,1H3/t11-,12+,13+,14+,16-,17+,18+,19+/m1/s1. The number of ketones is 1. The summed E-state index contributed by atoms with van der Waals surface area (Å²) in [4.78, 5) is 12.5. The molecule has 1 saturated heterocycles. The van der Waals surface area contributed by atoms with Crippen LogP contribution in [0.1, 0.15) is 58.3 Å². The summed E-state index contributed by atoms with van der Waals surface area (Å²) < 4.78 is 6.29. The first-order chi connectivity index (χ1) is 10.9. The van der Waals surface area contributed by atoms with Gasteiger partial charge in [0.25, 0.3) is 0 Å². The molecule has 0 radical (unpaired) electrons. The maximum absolute atomic E-state index is 12.5. The highest BCUT2D eigenvalue weighted by Crippen LogP contribution is 2.71. The Morgan fingerprint density at radius 3 is 2.87 bits per heavy atom. The van der Waals surface area contributed by atoms with Crippen molar-refractivity contribution in [2.45, 2.75) is 74.8 Å². The smallest absolute Gasteiger partial charge is 0.139 e. The van der Waals surface area contributed by atoms with Crippen molar-refractivity contribution < 1.29 is 14.6 Å². The normalized spacial score (nSPS) is 61.0. The average Bonchev–Trinajstić information content (AvgIpc) is 2.88. The lowest BCUT2D eigenvalue weighted by atomic mass is 9.45. The van der Waals surface area contributed by atoms with E-state index < -0.39 is 0 Å². The minimum absolute atomic E-state index is 0.0326. The van der Waals surface area contributed by atoms with E-state index in [0.29, 0.717) is 23.5 Å². The fourth-order valence-corrected chi connectivity index (χ4v) is 8.78. The van der Waals surface area contributed by atoms with E-state index in [0.717, 1.165) is 51.6 Å². The van der Waals surface area contributed by atoms with E-state index in [1.165, 1.54) is 6.42 Å². The average molecular weight is 383 g/mol. The summed E-state index contributed by atoms with van der Waals surface area (Å²) in [5.41, 5.74) is 0.129. The van der Waals surface area contributed by atoms with Crippen molar-refractivity contribution in [2.24, 2.45) is 28.6 Å². The van der Waals surface area contributed by atoms with Gasteiger partial charge in [-0.25, -0.2) is 0 Å². The van der Waals surface area contributed by atoms with Crippen molar-refractivity contribution in [1.82, 2.24) is 0 Å². The van der Waals surface area contributed by atoms with Gasteiger partial charge in [-0.3, -0.25) is 4.79 Å². The molecule has 1 N–H and O–H groups in total. The molecule has 1 aliphatic heterocycles. The van der Waals surface area contributed by atoms with E-state index >= 15 is 0 Å². The number of aliphatic hydroxyl groups is 1. The Morgan fingerprint density at radius 2 is 2.04 bits per heavy atom. The third-order valence-electron chi connectivity index (χ3n) is 8.68. The van der Waals surface area contributed by atoms with Gasteiger partial charge in [-0.2, -0.15) is 0 Å². The zero-order valence-corrected chi connectivity index (χ0v) is 15.5. The first-order valence-electron chi connectivity index (χ1n) is 9.43. The van der Waals surface area contributed by atoms with Gasteiger partial charge in [0.05, 0.1) is 23.1 Å². The number of ether oxygens (including phenoxy) is 1. The molecule has 8 atom stereocenters. The number of fused-ring (bicyclic) bond motifs is 3. The molecular formula is C19H27BrO3. The van der Waals surface area contributed by atoms with E-state index in [1.807, 2.05) is 0 Å². The Labute approximate surface area is 146 Å². The third-order valence-corrected chi connectivity index (χ3v) is 10.3. The van der Waals surface area contributed by atoms with Crippen LogP contribution in [0, 0.1) is 28.6 Å². The Bertz CT molecular complexity index is 565. The lowest BCUT2D eigenvalue weighted by Gasteiger charge is -2.61. The number of rotatable bonds is 0. The summed E-state index contributed by atoms with van der Waals surface area (Å²) >= 11 is 4.11. The number of alkyl halides is 1. The molecule has 5 aliphatic rings. The minimum atomic E-state index is -0.190. The Kier molecular flexibility index (Phi) is 3.08. The van der Waals surface area contributed by atoms with Crippen molar-refractivity contribution in [1.29, 1.82) is 0 Å². The second-order valence-electron chi connectivity index (χ2n) is 9.25. The quantitative estimate of drug-likeness (QED) is 0.652. The predicted octanol–water partition coefficient (Wildman–Crippen LogP) is 3.47. The van der Waals surface area contributed by atoms with Crippen molar-refractivity contribution >= 4 is 21.7 Å². The summed E-state index contributed by atoms with van der Waals surface area (Å²) in [5.74, 6) is 2.39. The van der Waals surface area contributed by atoms with Crippen LogP contribution in [-0.2, 0) is 9.53 Å². The fourth-order valence-electron chi connectivity index (χ4n) is 7.48. The molecule has 0 unspecified atom stereocenters. The Hall–Kier alpha value is 0.0700. The number of hydrogen-bond acceptors (Lipinski definition) is 3. The maximum Gasteiger partial charge on any atom is 0.139 e. The number of carbonyl (C=O) groups excluding carboxylic acids is 1. The van der Waals surface area contributed by atoms with Crippen LogP contribution in [0.4, 0.5) is 0 Å². The molecule has 0 aromatic carbocycles. The van der Waals surface area contributed by atoms with Crippen molar-refractivity contribution in [3.05, 3.63) is 0 Å². The SMILES string of the molecule is C[C@]12CC[C@H]3[C@@H](C[C@H]4OC[C@@]35CC[C@@H](O)C[C@]45Br)[C@@H]1CCC2=O. The zero-order valence-electron chi connectivity index (χ0n) is 13.9. The van der Waals surface area contributed by atoms with Gasteiger partial charge in [-0.05, 0) is 62.7 Å². The molecule has 0 amide bonds. The molecule has 5 rings (SSSR count). The van der Waals surface area contributed by atoms with Crippen LogP contribution in [0.15, 0.2) is 0 Å². The van der Waals surface area contributed by atoms with Crippen LogP contribution < -0.4 is 0 Å². The van der Waals surface area contributed by atoms with Gasteiger partial charge >= 0.3 is 0 Å². The number of aliphatic hydroxyl groups excluding tert-OH is 1. The highest BCUT2D eigenvalue weighted by Gasteiger charge is 2.72. The third kappa shape index (κ3) is 1.67. The van der Waals surface area contributed by atoms with Crippen molar-refractivity contribution in [2.75, 3.05) is 6.61 Å². The highest BCUT2D eigenvalue weighted by atomic mass is 79.9.